The molecule has 0 amide bonds. The van der Waals surface area contributed by atoms with Gasteiger partial charge in [0.05, 0.1) is 6.04 Å². The van der Waals surface area contributed by atoms with Gasteiger partial charge in [-0.05, 0) is 26.2 Å². The molecular weight excluding hydrogens is 216 g/mol. The molecule has 0 bridgehead atoms. The quantitative estimate of drug-likeness (QED) is 0.852. The third-order valence-electron chi connectivity index (χ3n) is 3.73. The monoisotopic (exact) mass is 236 g/mol. The average molecular weight is 236 g/mol. The molecule has 1 unspecified atom stereocenters. The molecule has 0 aliphatic carbocycles. The Morgan fingerprint density at radius 3 is 3.00 bits per heavy atom. The van der Waals surface area contributed by atoms with Gasteiger partial charge in [-0.2, -0.15) is 0 Å². The maximum Gasteiger partial charge on any atom is 0.149 e. The Hall–Kier alpha value is -0.940. The number of aryl methyl sites for hydroxylation is 1. The third-order valence-corrected chi connectivity index (χ3v) is 3.73. The maximum absolute atomic E-state index is 5.37. The minimum Gasteiger partial charge on any atom is -0.381 e. The number of fused-ring (bicyclic) bond motifs is 1. The predicted octanol–water partition coefficient (Wildman–Crippen LogP) is 1.05. The number of hydrogen-bond donors (Lipinski definition) is 1. The summed E-state index contributed by atoms with van der Waals surface area (Å²) in [4.78, 5) is 0. The fraction of sp³-hybridized carbons (Fsp3) is 0.833. The molecular formula is C12H20N4O. The molecule has 0 radical (unpaired) electrons. The lowest BCUT2D eigenvalue weighted by molar-refractivity contribution is 0.0750. The molecule has 1 atom stereocenters. The molecule has 2 aliphatic heterocycles. The number of rotatable bonds is 3. The van der Waals surface area contributed by atoms with Crippen molar-refractivity contribution in [3.8, 4) is 0 Å². The van der Waals surface area contributed by atoms with Gasteiger partial charge in [-0.3, -0.25) is 0 Å². The van der Waals surface area contributed by atoms with Crippen molar-refractivity contribution < 1.29 is 4.74 Å². The molecule has 3 rings (SSSR count). The van der Waals surface area contributed by atoms with Crippen molar-refractivity contribution in [1.82, 2.24) is 20.1 Å². The van der Waals surface area contributed by atoms with Crippen LogP contribution >= 0.6 is 0 Å². The van der Waals surface area contributed by atoms with Gasteiger partial charge in [0.2, 0.25) is 0 Å². The van der Waals surface area contributed by atoms with Gasteiger partial charge in [0.1, 0.15) is 11.6 Å². The summed E-state index contributed by atoms with van der Waals surface area (Å²) in [6.45, 7) is 5.02. The summed E-state index contributed by atoms with van der Waals surface area (Å²) in [6, 6.07) is 0.852. The molecule has 2 aliphatic rings. The first-order chi connectivity index (χ1) is 8.34. The molecule has 1 fully saturated rings. The van der Waals surface area contributed by atoms with Crippen molar-refractivity contribution in [2.24, 2.45) is 0 Å². The fourth-order valence-corrected chi connectivity index (χ4v) is 2.79. The summed E-state index contributed by atoms with van der Waals surface area (Å²) in [7, 11) is 0. The van der Waals surface area contributed by atoms with E-state index >= 15 is 0 Å². The standard InChI is InChI=1S/C12H20N4O/c1-9(13-10-4-7-17-8-5-10)12-15-14-11-3-2-6-16(11)12/h9-10,13H,2-8H2,1H3. The van der Waals surface area contributed by atoms with E-state index < -0.39 is 0 Å². The van der Waals surface area contributed by atoms with Gasteiger partial charge >= 0.3 is 0 Å². The smallest absolute Gasteiger partial charge is 0.149 e. The second-order valence-corrected chi connectivity index (χ2v) is 5.00. The lowest BCUT2D eigenvalue weighted by Crippen LogP contribution is -2.37. The molecule has 3 heterocycles. The number of hydrogen-bond acceptors (Lipinski definition) is 4. The lowest BCUT2D eigenvalue weighted by Gasteiger charge is -2.26. The van der Waals surface area contributed by atoms with Crippen LogP contribution < -0.4 is 5.32 Å². The first-order valence-corrected chi connectivity index (χ1v) is 6.60. The highest BCUT2D eigenvalue weighted by atomic mass is 16.5. The summed E-state index contributed by atoms with van der Waals surface area (Å²) in [5, 5.41) is 12.2. The normalized spacial score (nSPS) is 22.6. The number of nitrogens with one attached hydrogen (secondary N) is 1. The molecule has 1 N–H and O–H groups in total. The zero-order valence-corrected chi connectivity index (χ0v) is 10.4. The predicted molar refractivity (Wildman–Crippen MR) is 63.7 cm³/mol. The van der Waals surface area contributed by atoms with Crippen LogP contribution in [-0.4, -0.2) is 34.0 Å². The van der Waals surface area contributed by atoms with E-state index in [9.17, 15) is 0 Å². The zero-order valence-electron chi connectivity index (χ0n) is 10.4. The second kappa shape index (κ2) is 4.74. The van der Waals surface area contributed by atoms with Crippen LogP contribution in [0.1, 0.15) is 43.9 Å². The molecule has 0 saturated carbocycles. The lowest BCUT2D eigenvalue weighted by atomic mass is 10.1. The second-order valence-electron chi connectivity index (χ2n) is 5.00. The van der Waals surface area contributed by atoms with Crippen molar-refractivity contribution in [3.63, 3.8) is 0 Å². The number of aromatic nitrogens is 3. The minimum atomic E-state index is 0.289. The molecule has 1 aromatic rings. The fourth-order valence-electron chi connectivity index (χ4n) is 2.79. The van der Waals surface area contributed by atoms with Crippen molar-refractivity contribution in [1.29, 1.82) is 0 Å². The van der Waals surface area contributed by atoms with E-state index in [1.807, 2.05) is 0 Å². The highest BCUT2D eigenvalue weighted by Gasteiger charge is 2.23. The Balaban J connectivity index is 1.66. The molecule has 5 heteroatoms. The molecule has 0 aromatic carbocycles. The van der Waals surface area contributed by atoms with Gasteiger partial charge in [-0.1, -0.05) is 0 Å². The van der Waals surface area contributed by atoms with Crippen LogP contribution in [0.4, 0.5) is 0 Å². The Kier molecular flexibility index (Phi) is 3.11. The summed E-state index contributed by atoms with van der Waals surface area (Å²) in [6.07, 6.45) is 4.50. The van der Waals surface area contributed by atoms with Crippen LogP contribution in [0.2, 0.25) is 0 Å². The summed E-state index contributed by atoms with van der Waals surface area (Å²) >= 11 is 0. The van der Waals surface area contributed by atoms with Gasteiger partial charge < -0.3 is 14.6 Å². The average Bonchev–Trinajstić information content (AvgIpc) is 2.91. The van der Waals surface area contributed by atoms with E-state index in [4.69, 9.17) is 4.74 Å². The van der Waals surface area contributed by atoms with Gasteiger partial charge in [0.25, 0.3) is 0 Å². The topological polar surface area (TPSA) is 52.0 Å². The molecule has 94 valence electrons. The van der Waals surface area contributed by atoms with Crippen LogP contribution in [0.25, 0.3) is 0 Å². The Bertz CT molecular complexity index is 384. The largest absolute Gasteiger partial charge is 0.381 e. The van der Waals surface area contributed by atoms with E-state index in [0.717, 1.165) is 50.7 Å². The molecule has 1 saturated heterocycles. The first-order valence-electron chi connectivity index (χ1n) is 6.60. The Labute approximate surface area is 102 Å². The van der Waals surface area contributed by atoms with E-state index in [0.29, 0.717) is 6.04 Å². The zero-order chi connectivity index (χ0) is 11.7. The van der Waals surface area contributed by atoms with Crippen molar-refractivity contribution in [3.05, 3.63) is 11.6 Å². The van der Waals surface area contributed by atoms with E-state index in [2.05, 4.69) is 27.0 Å². The molecule has 5 nitrogen and oxygen atoms in total. The van der Waals surface area contributed by atoms with Gasteiger partial charge in [0.15, 0.2) is 0 Å². The molecule has 0 spiro atoms. The first kappa shape index (κ1) is 11.2. The highest BCUT2D eigenvalue weighted by molar-refractivity contribution is 5.04. The summed E-state index contributed by atoms with van der Waals surface area (Å²) in [5.41, 5.74) is 0. The van der Waals surface area contributed by atoms with Crippen molar-refractivity contribution in [2.45, 2.75) is 51.2 Å². The van der Waals surface area contributed by atoms with E-state index in [-0.39, 0.29) is 6.04 Å². The van der Waals surface area contributed by atoms with Crippen LogP contribution in [0.15, 0.2) is 0 Å². The highest BCUT2D eigenvalue weighted by Crippen LogP contribution is 2.20. The SMILES string of the molecule is CC(NC1CCOCC1)c1nnc2n1CCC2. The minimum absolute atomic E-state index is 0.289. The van der Waals surface area contributed by atoms with Gasteiger partial charge in [-0.15, -0.1) is 10.2 Å². The van der Waals surface area contributed by atoms with Crippen LogP contribution in [0, 0.1) is 0 Å². The van der Waals surface area contributed by atoms with E-state index in [1.54, 1.807) is 0 Å². The Morgan fingerprint density at radius 1 is 1.35 bits per heavy atom. The number of nitrogens with zero attached hydrogens (tertiary/aromatic N) is 3. The number of ether oxygens (including phenoxy) is 1. The van der Waals surface area contributed by atoms with Crippen LogP contribution in [0.5, 0.6) is 0 Å². The van der Waals surface area contributed by atoms with Crippen LogP contribution in [0.3, 0.4) is 0 Å². The maximum atomic E-state index is 5.37. The molecule has 17 heavy (non-hydrogen) atoms. The summed E-state index contributed by atoms with van der Waals surface area (Å²) < 4.78 is 7.65. The van der Waals surface area contributed by atoms with Gasteiger partial charge in [0, 0.05) is 32.2 Å². The van der Waals surface area contributed by atoms with Crippen molar-refractivity contribution in [2.75, 3.05) is 13.2 Å². The van der Waals surface area contributed by atoms with Crippen LogP contribution in [-0.2, 0) is 17.7 Å². The van der Waals surface area contributed by atoms with Gasteiger partial charge in [-0.25, -0.2) is 0 Å². The van der Waals surface area contributed by atoms with Crippen molar-refractivity contribution >= 4 is 0 Å². The Morgan fingerprint density at radius 2 is 2.18 bits per heavy atom. The summed E-state index contributed by atoms with van der Waals surface area (Å²) in [5.74, 6) is 2.25. The third kappa shape index (κ3) is 2.21. The molecule has 1 aromatic heterocycles. The van der Waals surface area contributed by atoms with E-state index in [1.165, 1.54) is 6.42 Å².